The fraction of sp³-hybridized carbons (Fsp3) is 0.250. The zero-order valence-corrected chi connectivity index (χ0v) is 7.30. The van der Waals surface area contributed by atoms with Gasteiger partial charge in [0.2, 0.25) is 5.82 Å². The van der Waals surface area contributed by atoms with Crippen LogP contribution in [0.4, 0.5) is 15.8 Å². The number of nitrogens with zero attached hydrogens (tertiary/aromatic N) is 1. The standard InChI is InChI=1S/C8H9FN2O2/c1-5-3-4-6(9)8(11(12)13)7(5)10-2/h3-4,10H,1-2H3. The largest absolute Gasteiger partial charge is 0.382 e. The highest BCUT2D eigenvalue weighted by Gasteiger charge is 2.20. The summed E-state index contributed by atoms with van der Waals surface area (Å²) in [6.45, 7) is 1.68. The molecule has 1 aromatic carbocycles. The van der Waals surface area contributed by atoms with Crippen molar-refractivity contribution in [1.82, 2.24) is 0 Å². The lowest BCUT2D eigenvalue weighted by Crippen LogP contribution is -2.01. The van der Waals surface area contributed by atoms with Crippen molar-refractivity contribution >= 4 is 11.4 Å². The van der Waals surface area contributed by atoms with E-state index in [1.807, 2.05) is 0 Å². The van der Waals surface area contributed by atoms with Gasteiger partial charge in [0.1, 0.15) is 5.69 Å². The Balaban J connectivity index is 3.43. The van der Waals surface area contributed by atoms with Crippen LogP contribution in [-0.2, 0) is 0 Å². The molecule has 0 heterocycles. The molecule has 0 fully saturated rings. The van der Waals surface area contributed by atoms with Crippen LogP contribution in [-0.4, -0.2) is 12.0 Å². The van der Waals surface area contributed by atoms with Crippen molar-refractivity contribution in [2.75, 3.05) is 12.4 Å². The molecule has 4 nitrogen and oxygen atoms in total. The molecule has 0 amide bonds. The monoisotopic (exact) mass is 184 g/mol. The maximum Gasteiger partial charge on any atom is 0.327 e. The molecule has 1 rings (SSSR count). The topological polar surface area (TPSA) is 55.2 Å². The molecule has 0 atom stereocenters. The van der Waals surface area contributed by atoms with Gasteiger partial charge in [-0.2, -0.15) is 4.39 Å². The molecular weight excluding hydrogens is 175 g/mol. The van der Waals surface area contributed by atoms with Crippen LogP contribution in [0.15, 0.2) is 12.1 Å². The zero-order valence-electron chi connectivity index (χ0n) is 7.30. The second kappa shape index (κ2) is 3.38. The summed E-state index contributed by atoms with van der Waals surface area (Å²) >= 11 is 0. The fourth-order valence-electron chi connectivity index (χ4n) is 1.16. The Morgan fingerprint density at radius 2 is 2.15 bits per heavy atom. The lowest BCUT2D eigenvalue weighted by molar-refractivity contribution is -0.386. The lowest BCUT2D eigenvalue weighted by atomic mass is 10.1. The van der Waals surface area contributed by atoms with Gasteiger partial charge in [-0.1, -0.05) is 6.07 Å². The Labute approximate surface area is 74.5 Å². The quantitative estimate of drug-likeness (QED) is 0.565. The van der Waals surface area contributed by atoms with Gasteiger partial charge in [0.05, 0.1) is 4.92 Å². The van der Waals surface area contributed by atoms with Gasteiger partial charge < -0.3 is 5.32 Å². The number of benzene rings is 1. The summed E-state index contributed by atoms with van der Waals surface area (Å²) in [4.78, 5) is 9.75. The van der Waals surface area contributed by atoms with Crippen LogP contribution in [0.25, 0.3) is 0 Å². The van der Waals surface area contributed by atoms with E-state index in [0.717, 1.165) is 6.07 Å². The molecule has 0 aliphatic heterocycles. The number of hydrogen-bond acceptors (Lipinski definition) is 3. The molecule has 0 saturated heterocycles. The van der Waals surface area contributed by atoms with E-state index in [1.165, 1.54) is 13.1 Å². The molecule has 0 unspecified atom stereocenters. The summed E-state index contributed by atoms with van der Waals surface area (Å²) in [6.07, 6.45) is 0. The summed E-state index contributed by atoms with van der Waals surface area (Å²) in [5.41, 5.74) is 0.378. The van der Waals surface area contributed by atoms with E-state index in [1.54, 1.807) is 6.92 Å². The Morgan fingerprint density at radius 1 is 1.54 bits per heavy atom. The zero-order chi connectivity index (χ0) is 10.0. The summed E-state index contributed by atoms with van der Waals surface area (Å²) in [5, 5.41) is 13.1. The predicted molar refractivity (Wildman–Crippen MR) is 47.3 cm³/mol. The number of aryl methyl sites for hydroxylation is 1. The van der Waals surface area contributed by atoms with Crippen molar-refractivity contribution in [2.45, 2.75) is 6.92 Å². The molecular formula is C8H9FN2O2. The van der Waals surface area contributed by atoms with Crippen molar-refractivity contribution in [2.24, 2.45) is 0 Å². The molecule has 0 aliphatic carbocycles. The van der Waals surface area contributed by atoms with E-state index in [0.29, 0.717) is 5.56 Å². The van der Waals surface area contributed by atoms with Gasteiger partial charge in [0.15, 0.2) is 0 Å². The second-order valence-corrected chi connectivity index (χ2v) is 2.60. The SMILES string of the molecule is CNc1c(C)ccc(F)c1[N+](=O)[O-]. The molecule has 0 saturated carbocycles. The van der Waals surface area contributed by atoms with Gasteiger partial charge in [-0.05, 0) is 18.6 Å². The first-order chi connectivity index (χ1) is 6.07. The molecule has 0 spiro atoms. The Bertz CT molecular complexity index is 352. The van der Waals surface area contributed by atoms with Crippen LogP contribution in [0.3, 0.4) is 0 Å². The first-order valence-electron chi connectivity index (χ1n) is 3.69. The number of rotatable bonds is 2. The van der Waals surface area contributed by atoms with Crippen LogP contribution in [0, 0.1) is 22.9 Å². The van der Waals surface area contributed by atoms with Crippen LogP contribution in [0.1, 0.15) is 5.56 Å². The minimum Gasteiger partial charge on any atom is -0.382 e. The Kier molecular flexibility index (Phi) is 2.46. The van der Waals surface area contributed by atoms with E-state index in [9.17, 15) is 14.5 Å². The molecule has 70 valence electrons. The van der Waals surface area contributed by atoms with Gasteiger partial charge >= 0.3 is 5.69 Å². The smallest absolute Gasteiger partial charge is 0.327 e. The Hall–Kier alpha value is -1.65. The van der Waals surface area contributed by atoms with Crippen LogP contribution in [0.5, 0.6) is 0 Å². The third kappa shape index (κ3) is 1.58. The minimum absolute atomic E-state index is 0.227. The number of anilines is 1. The van der Waals surface area contributed by atoms with Gasteiger partial charge in [0.25, 0.3) is 0 Å². The van der Waals surface area contributed by atoms with E-state index in [2.05, 4.69) is 5.32 Å². The van der Waals surface area contributed by atoms with Gasteiger partial charge in [-0.3, -0.25) is 10.1 Å². The lowest BCUT2D eigenvalue weighted by Gasteiger charge is -2.05. The average Bonchev–Trinajstić information content (AvgIpc) is 2.07. The third-order valence-corrected chi connectivity index (χ3v) is 1.77. The van der Waals surface area contributed by atoms with Crippen molar-refractivity contribution in [3.05, 3.63) is 33.6 Å². The van der Waals surface area contributed by atoms with Crippen LogP contribution < -0.4 is 5.32 Å². The number of nitrogens with one attached hydrogen (secondary N) is 1. The van der Waals surface area contributed by atoms with Gasteiger partial charge in [-0.15, -0.1) is 0 Å². The first-order valence-corrected chi connectivity index (χ1v) is 3.69. The summed E-state index contributed by atoms with van der Waals surface area (Å²) in [5.74, 6) is -0.819. The number of nitro benzene ring substituents is 1. The molecule has 0 bridgehead atoms. The Morgan fingerprint density at radius 3 is 2.54 bits per heavy atom. The number of nitro groups is 1. The summed E-state index contributed by atoms with van der Waals surface area (Å²) in [7, 11) is 1.52. The van der Waals surface area contributed by atoms with Crippen LogP contribution in [0.2, 0.25) is 0 Å². The van der Waals surface area contributed by atoms with E-state index in [-0.39, 0.29) is 5.69 Å². The molecule has 0 aromatic heterocycles. The van der Waals surface area contributed by atoms with Gasteiger partial charge in [0, 0.05) is 7.05 Å². The first kappa shape index (κ1) is 9.44. The molecule has 0 radical (unpaired) electrons. The van der Waals surface area contributed by atoms with Crippen molar-refractivity contribution in [3.8, 4) is 0 Å². The summed E-state index contributed by atoms with van der Waals surface area (Å²) < 4.78 is 13.0. The number of halogens is 1. The maximum absolute atomic E-state index is 13.0. The summed E-state index contributed by atoms with van der Waals surface area (Å²) in [6, 6.07) is 2.59. The molecule has 0 aliphatic rings. The fourth-order valence-corrected chi connectivity index (χ4v) is 1.16. The van der Waals surface area contributed by atoms with E-state index < -0.39 is 16.4 Å². The highest BCUT2D eigenvalue weighted by molar-refractivity contribution is 5.66. The molecule has 1 aromatic rings. The predicted octanol–water partition coefficient (Wildman–Crippen LogP) is 2.08. The number of hydrogen-bond donors (Lipinski definition) is 1. The normalized spacial score (nSPS) is 9.77. The highest BCUT2D eigenvalue weighted by atomic mass is 19.1. The maximum atomic E-state index is 13.0. The molecule has 1 N–H and O–H groups in total. The second-order valence-electron chi connectivity index (χ2n) is 2.60. The highest BCUT2D eigenvalue weighted by Crippen LogP contribution is 2.30. The van der Waals surface area contributed by atoms with Gasteiger partial charge in [-0.25, -0.2) is 0 Å². The van der Waals surface area contributed by atoms with E-state index in [4.69, 9.17) is 0 Å². The minimum atomic E-state index is -0.819. The molecule has 13 heavy (non-hydrogen) atoms. The van der Waals surface area contributed by atoms with Crippen LogP contribution >= 0.6 is 0 Å². The van der Waals surface area contributed by atoms with Crippen molar-refractivity contribution in [3.63, 3.8) is 0 Å². The molecule has 5 heteroatoms. The van der Waals surface area contributed by atoms with Crippen molar-refractivity contribution < 1.29 is 9.31 Å². The third-order valence-electron chi connectivity index (χ3n) is 1.77. The van der Waals surface area contributed by atoms with E-state index >= 15 is 0 Å². The van der Waals surface area contributed by atoms with Crippen molar-refractivity contribution in [1.29, 1.82) is 0 Å². The average molecular weight is 184 g/mol.